The topological polar surface area (TPSA) is 44.5 Å². The van der Waals surface area contributed by atoms with Crippen molar-refractivity contribution in [1.29, 1.82) is 0 Å². The van der Waals surface area contributed by atoms with Crippen LogP contribution in [0.4, 0.5) is 0 Å². The van der Waals surface area contributed by atoms with Crippen molar-refractivity contribution >= 4 is 0 Å². The molecule has 1 heterocycles. The van der Waals surface area contributed by atoms with Crippen molar-refractivity contribution in [3.63, 3.8) is 0 Å². The quantitative estimate of drug-likeness (QED) is 0.739. The van der Waals surface area contributed by atoms with Crippen LogP contribution < -0.4 is 10.6 Å². The zero-order chi connectivity index (χ0) is 9.80. The van der Waals surface area contributed by atoms with Crippen LogP contribution in [0.25, 0.3) is 0 Å². The normalized spacial score (nSPS) is 14.6. The molecule has 0 fully saturated rings. The summed E-state index contributed by atoms with van der Waals surface area (Å²) in [4.78, 5) is 4.55. The summed E-state index contributed by atoms with van der Waals surface area (Å²) < 4.78 is 5.57. The molecule has 1 aliphatic heterocycles. The van der Waals surface area contributed by atoms with Crippen molar-refractivity contribution in [2.75, 3.05) is 13.2 Å². The highest BCUT2D eigenvalue weighted by atomic mass is 16.6. The van der Waals surface area contributed by atoms with Crippen LogP contribution in [0.5, 0.6) is 5.75 Å². The van der Waals surface area contributed by atoms with Gasteiger partial charge in [0, 0.05) is 0 Å². The minimum absolute atomic E-state index is 0.554. The van der Waals surface area contributed by atoms with E-state index >= 15 is 0 Å². The molecule has 76 valence electrons. The van der Waals surface area contributed by atoms with Crippen molar-refractivity contribution in [3.8, 4) is 5.75 Å². The largest absolute Gasteiger partial charge is 0.493 e. The molecule has 0 aromatic heterocycles. The summed E-state index contributed by atoms with van der Waals surface area (Å²) in [6, 6.07) is 6.35. The molecule has 2 rings (SSSR count). The van der Waals surface area contributed by atoms with Crippen molar-refractivity contribution in [1.82, 2.24) is 0 Å². The summed E-state index contributed by atoms with van der Waals surface area (Å²) in [7, 11) is 0. The fourth-order valence-electron chi connectivity index (χ4n) is 1.72. The van der Waals surface area contributed by atoms with Crippen LogP contribution in [-0.2, 0) is 17.7 Å². The van der Waals surface area contributed by atoms with Crippen LogP contribution in [0, 0.1) is 0 Å². The van der Waals surface area contributed by atoms with E-state index in [9.17, 15) is 0 Å². The van der Waals surface area contributed by atoms with Gasteiger partial charge >= 0.3 is 0 Å². The Kier molecular flexibility index (Phi) is 3.01. The van der Waals surface area contributed by atoms with Gasteiger partial charge in [-0.25, -0.2) is 5.90 Å². The lowest BCUT2D eigenvalue weighted by Crippen LogP contribution is -2.09. The van der Waals surface area contributed by atoms with Gasteiger partial charge in [-0.05, 0) is 36.5 Å². The molecule has 14 heavy (non-hydrogen) atoms. The Bertz CT molecular complexity index is 312. The monoisotopic (exact) mass is 193 g/mol. The fourth-order valence-corrected chi connectivity index (χ4v) is 1.72. The van der Waals surface area contributed by atoms with Gasteiger partial charge in [0.05, 0.1) is 13.2 Å². The predicted octanol–water partition coefficient (Wildman–Crippen LogP) is 1.44. The predicted molar refractivity (Wildman–Crippen MR) is 54.1 cm³/mol. The maximum atomic E-state index is 5.57. The molecule has 1 aromatic carbocycles. The van der Waals surface area contributed by atoms with E-state index in [4.69, 9.17) is 10.6 Å². The van der Waals surface area contributed by atoms with Gasteiger partial charge in [-0.3, -0.25) is 0 Å². The number of benzene rings is 1. The Morgan fingerprint density at radius 2 is 2.36 bits per heavy atom. The maximum Gasteiger partial charge on any atom is 0.122 e. The summed E-state index contributed by atoms with van der Waals surface area (Å²) in [5.74, 6) is 6.02. The highest BCUT2D eigenvalue weighted by Crippen LogP contribution is 2.25. The van der Waals surface area contributed by atoms with E-state index in [0.29, 0.717) is 6.61 Å². The molecule has 0 amide bonds. The van der Waals surface area contributed by atoms with E-state index in [1.807, 2.05) is 0 Å². The molecule has 1 aliphatic rings. The van der Waals surface area contributed by atoms with E-state index in [-0.39, 0.29) is 0 Å². The number of hydrogen-bond donors (Lipinski definition) is 1. The zero-order valence-electron chi connectivity index (χ0n) is 8.16. The van der Waals surface area contributed by atoms with Crippen LogP contribution in [0.1, 0.15) is 17.5 Å². The van der Waals surface area contributed by atoms with Crippen molar-refractivity contribution in [3.05, 3.63) is 29.3 Å². The molecule has 0 spiro atoms. The summed E-state index contributed by atoms with van der Waals surface area (Å²) in [5, 5.41) is 0. The van der Waals surface area contributed by atoms with Gasteiger partial charge in [0.15, 0.2) is 0 Å². The second kappa shape index (κ2) is 4.44. The van der Waals surface area contributed by atoms with Gasteiger partial charge in [-0.1, -0.05) is 12.1 Å². The Morgan fingerprint density at radius 1 is 1.43 bits per heavy atom. The lowest BCUT2D eigenvalue weighted by atomic mass is 10.0. The van der Waals surface area contributed by atoms with Gasteiger partial charge in [-0.15, -0.1) is 0 Å². The van der Waals surface area contributed by atoms with Crippen LogP contribution >= 0.6 is 0 Å². The SMILES string of the molecule is NOCCc1ccc2c(c1)OCCC2. The molecule has 0 saturated carbocycles. The smallest absolute Gasteiger partial charge is 0.122 e. The first kappa shape index (κ1) is 9.49. The first-order chi connectivity index (χ1) is 6.90. The van der Waals surface area contributed by atoms with Crippen molar-refractivity contribution in [2.45, 2.75) is 19.3 Å². The summed E-state index contributed by atoms with van der Waals surface area (Å²) in [6.07, 6.45) is 3.09. The van der Waals surface area contributed by atoms with E-state index < -0.39 is 0 Å². The van der Waals surface area contributed by atoms with E-state index in [1.165, 1.54) is 11.1 Å². The summed E-state index contributed by atoms with van der Waals surface area (Å²) >= 11 is 0. The Hall–Kier alpha value is -1.06. The molecule has 0 atom stereocenters. The average Bonchev–Trinajstić information content (AvgIpc) is 2.26. The van der Waals surface area contributed by atoms with Gasteiger partial charge in [0.25, 0.3) is 0 Å². The minimum atomic E-state index is 0.554. The van der Waals surface area contributed by atoms with Crippen molar-refractivity contribution < 1.29 is 9.57 Å². The van der Waals surface area contributed by atoms with E-state index in [1.54, 1.807) is 0 Å². The molecule has 0 radical (unpaired) electrons. The molecule has 0 bridgehead atoms. The molecule has 3 nitrogen and oxygen atoms in total. The molecule has 3 heteroatoms. The zero-order valence-corrected chi connectivity index (χ0v) is 8.16. The van der Waals surface area contributed by atoms with Gasteiger partial charge in [0.1, 0.15) is 5.75 Å². The summed E-state index contributed by atoms with van der Waals surface area (Å²) in [6.45, 7) is 1.39. The highest BCUT2D eigenvalue weighted by Gasteiger charge is 2.09. The minimum Gasteiger partial charge on any atom is -0.493 e. The van der Waals surface area contributed by atoms with Crippen LogP contribution in [0.3, 0.4) is 0 Å². The molecule has 0 saturated heterocycles. The molecule has 2 N–H and O–H groups in total. The van der Waals surface area contributed by atoms with Gasteiger partial charge < -0.3 is 9.57 Å². The molecule has 0 unspecified atom stereocenters. The Morgan fingerprint density at radius 3 is 3.21 bits per heavy atom. The highest BCUT2D eigenvalue weighted by molar-refractivity contribution is 5.38. The Labute approximate surface area is 83.8 Å². The second-order valence-electron chi connectivity index (χ2n) is 3.51. The number of hydrogen-bond acceptors (Lipinski definition) is 3. The van der Waals surface area contributed by atoms with Gasteiger partial charge in [0.2, 0.25) is 0 Å². The van der Waals surface area contributed by atoms with Crippen LogP contribution in [0.2, 0.25) is 0 Å². The second-order valence-corrected chi connectivity index (χ2v) is 3.51. The first-order valence-electron chi connectivity index (χ1n) is 4.96. The number of aryl methyl sites for hydroxylation is 1. The van der Waals surface area contributed by atoms with Crippen molar-refractivity contribution in [2.24, 2.45) is 5.90 Å². The Balaban J connectivity index is 2.12. The first-order valence-corrected chi connectivity index (χ1v) is 4.96. The molecular weight excluding hydrogens is 178 g/mol. The van der Waals surface area contributed by atoms with E-state index in [0.717, 1.165) is 31.6 Å². The lowest BCUT2D eigenvalue weighted by molar-refractivity contribution is 0.141. The van der Waals surface area contributed by atoms with Gasteiger partial charge in [-0.2, -0.15) is 0 Å². The number of ether oxygens (including phenoxy) is 1. The third-order valence-electron chi connectivity index (χ3n) is 2.49. The molecule has 0 aliphatic carbocycles. The molecular formula is C11H15NO2. The summed E-state index contributed by atoms with van der Waals surface area (Å²) in [5.41, 5.74) is 2.53. The maximum absolute atomic E-state index is 5.57. The van der Waals surface area contributed by atoms with Crippen LogP contribution in [0.15, 0.2) is 18.2 Å². The number of rotatable bonds is 3. The fraction of sp³-hybridized carbons (Fsp3) is 0.455. The lowest BCUT2D eigenvalue weighted by Gasteiger charge is -2.17. The van der Waals surface area contributed by atoms with E-state index in [2.05, 4.69) is 23.0 Å². The number of fused-ring (bicyclic) bond motifs is 1. The average molecular weight is 193 g/mol. The van der Waals surface area contributed by atoms with Crippen LogP contribution in [-0.4, -0.2) is 13.2 Å². The third-order valence-corrected chi connectivity index (χ3v) is 2.49. The number of nitrogens with two attached hydrogens (primary N) is 1. The third kappa shape index (κ3) is 2.05. The molecule has 1 aromatic rings. The standard InChI is InChI=1S/C11H15NO2/c12-14-7-5-9-3-4-10-2-1-6-13-11(10)8-9/h3-4,8H,1-2,5-7,12H2.